The van der Waals surface area contributed by atoms with Gasteiger partial charge in [-0.2, -0.15) is 0 Å². The zero-order chi connectivity index (χ0) is 7.68. The first-order valence-corrected chi connectivity index (χ1v) is 3.70. The summed E-state index contributed by atoms with van der Waals surface area (Å²) < 4.78 is 17.4. The van der Waals surface area contributed by atoms with Crippen molar-refractivity contribution in [3.05, 3.63) is 29.8 Å². The van der Waals surface area contributed by atoms with Crippen molar-refractivity contribution < 1.29 is 9.13 Å². The van der Waals surface area contributed by atoms with Crippen LogP contribution in [0.2, 0.25) is 0 Å². The molecule has 1 nitrogen and oxygen atoms in total. The van der Waals surface area contributed by atoms with Gasteiger partial charge in [-0.3, -0.25) is 0 Å². The van der Waals surface area contributed by atoms with Gasteiger partial charge < -0.3 is 4.74 Å². The number of ether oxygens (including phenoxy) is 1. The van der Waals surface area contributed by atoms with E-state index < -0.39 is 6.67 Å². The first-order chi connectivity index (χ1) is 5.40. The molecule has 0 saturated heterocycles. The molecular weight excluding hydrogens is 143 g/mol. The fraction of sp³-hybridized carbons (Fsp3) is 0.333. The highest BCUT2D eigenvalue weighted by molar-refractivity contribution is 5.37. The van der Waals surface area contributed by atoms with Gasteiger partial charge in [0.15, 0.2) is 0 Å². The van der Waals surface area contributed by atoms with Crippen molar-refractivity contribution >= 4 is 0 Å². The molecule has 2 rings (SSSR count). The van der Waals surface area contributed by atoms with Gasteiger partial charge in [0.25, 0.3) is 0 Å². The smallest absolute Gasteiger partial charge is 0.131 e. The molecule has 2 heteroatoms. The van der Waals surface area contributed by atoms with Crippen LogP contribution in [0.1, 0.15) is 5.56 Å². The van der Waals surface area contributed by atoms with E-state index in [0.717, 1.165) is 11.3 Å². The van der Waals surface area contributed by atoms with Crippen molar-refractivity contribution in [2.45, 2.75) is 12.5 Å². The van der Waals surface area contributed by atoms with E-state index in [1.165, 1.54) is 0 Å². The molecule has 1 aliphatic heterocycles. The Kier molecular flexibility index (Phi) is 1.53. The summed E-state index contributed by atoms with van der Waals surface area (Å²) in [4.78, 5) is 0. The van der Waals surface area contributed by atoms with Crippen LogP contribution in [0.15, 0.2) is 24.3 Å². The minimum Gasteiger partial charge on any atom is -0.487 e. The summed E-state index contributed by atoms with van der Waals surface area (Å²) in [6, 6.07) is 7.71. The highest BCUT2D eigenvalue weighted by Crippen LogP contribution is 2.27. The Balaban J connectivity index is 2.27. The molecule has 11 heavy (non-hydrogen) atoms. The third-order valence-corrected chi connectivity index (χ3v) is 1.89. The lowest BCUT2D eigenvalue weighted by Crippen LogP contribution is -2.14. The van der Waals surface area contributed by atoms with E-state index in [0.29, 0.717) is 6.42 Å². The molecule has 0 aliphatic carbocycles. The maximum Gasteiger partial charge on any atom is 0.131 e. The molecule has 0 radical (unpaired) electrons. The maximum absolute atomic E-state index is 12.1. The van der Waals surface area contributed by atoms with Gasteiger partial charge in [-0.1, -0.05) is 18.2 Å². The van der Waals surface area contributed by atoms with E-state index in [2.05, 4.69) is 0 Å². The molecule has 0 N–H and O–H groups in total. The van der Waals surface area contributed by atoms with E-state index in [9.17, 15) is 4.39 Å². The number of halogens is 1. The molecule has 1 aromatic rings. The van der Waals surface area contributed by atoms with E-state index in [-0.39, 0.29) is 6.10 Å². The molecule has 1 aromatic carbocycles. The van der Waals surface area contributed by atoms with Gasteiger partial charge in [0, 0.05) is 6.42 Å². The molecule has 0 aromatic heterocycles. The number of benzene rings is 1. The Labute approximate surface area is 64.8 Å². The van der Waals surface area contributed by atoms with Crippen LogP contribution in [-0.2, 0) is 6.42 Å². The molecule has 0 bridgehead atoms. The number of hydrogen-bond acceptors (Lipinski definition) is 1. The van der Waals surface area contributed by atoms with Gasteiger partial charge in [-0.15, -0.1) is 0 Å². The summed E-state index contributed by atoms with van der Waals surface area (Å²) in [6.07, 6.45) is 0.472. The standard InChI is InChI=1S/C9H9FO/c10-6-8-5-7-3-1-2-4-9(7)11-8/h1-4,8H,5-6H2. The van der Waals surface area contributed by atoms with Crippen LogP contribution in [0, 0.1) is 0 Å². The normalized spacial score (nSPS) is 21.0. The van der Waals surface area contributed by atoms with E-state index in [1.54, 1.807) is 0 Å². The third-order valence-electron chi connectivity index (χ3n) is 1.89. The monoisotopic (exact) mass is 152 g/mol. The molecule has 1 aliphatic rings. The second-order valence-corrected chi connectivity index (χ2v) is 2.71. The summed E-state index contributed by atoms with van der Waals surface area (Å²) in [6.45, 7) is -0.394. The topological polar surface area (TPSA) is 9.23 Å². The molecule has 0 amide bonds. The Morgan fingerprint density at radius 2 is 2.27 bits per heavy atom. The summed E-state index contributed by atoms with van der Waals surface area (Å²) in [5, 5.41) is 0. The van der Waals surface area contributed by atoms with Gasteiger partial charge in [-0.05, 0) is 11.6 Å². The summed E-state index contributed by atoms with van der Waals surface area (Å²) >= 11 is 0. The fourth-order valence-electron chi connectivity index (χ4n) is 1.34. The summed E-state index contributed by atoms with van der Waals surface area (Å²) in [7, 11) is 0. The van der Waals surface area contributed by atoms with Crippen molar-refractivity contribution in [3.63, 3.8) is 0 Å². The molecule has 58 valence electrons. The number of hydrogen-bond donors (Lipinski definition) is 0. The van der Waals surface area contributed by atoms with Crippen LogP contribution < -0.4 is 4.74 Å². The minimum absolute atomic E-state index is 0.243. The zero-order valence-electron chi connectivity index (χ0n) is 6.09. The predicted molar refractivity (Wildman–Crippen MR) is 40.5 cm³/mol. The van der Waals surface area contributed by atoms with Gasteiger partial charge in [0.05, 0.1) is 0 Å². The van der Waals surface area contributed by atoms with Crippen LogP contribution in [-0.4, -0.2) is 12.8 Å². The number of fused-ring (bicyclic) bond motifs is 1. The van der Waals surface area contributed by atoms with E-state index in [4.69, 9.17) is 4.74 Å². The highest BCUT2D eigenvalue weighted by Gasteiger charge is 2.21. The Morgan fingerprint density at radius 3 is 3.00 bits per heavy atom. The van der Waals surface area contributed by atoms with Crippen molar-refractivity contribution in [1.29, 1.82) is 0 Å². The lowest BCUT2D eigenvalue weighted by atomic mass is 10.1. The molecule has 0 spiro atoms. The predicted octanol–water partition coefficient (Wildman–Crippen LogP) is 1.96. The first kappa shape index (κ1) is 6.65. The molecule has 1 unspecified atom stereocenters. The SMILES string of the molecule is FCC1Cc2ccccc2O1. The Morgan fingerprint density at radius 1 is 1.45 bits per heavy atom. The van der Waals surface area contributed by atoms with Gasteiger partial charge >= 0.3 is 0 Å². The van der Waals surface area contributed by atoms with Crippen LogP contribution >= 0.6 is 0 Å². The maximum atomic E-state index is 12.1. The Bertz CT molecular complexity index is 234. The fourth-order valence-corrected chi connectivity index (χ4v) is 1.34. The molecule has 0 fully saturated rings. The number of rotatable bonds is 1. The van der Waals surface area contributed by atoms with Crippen LogP contribution in [0.25, 0.3) is 0 Å². The quantitative estimate of drug-likeness (QED) is 0.597. The van der Waals surface area contributed by atoms with Crippen LogP contribution in [0.3, 0.4) is 0 Å². The second kappa shape index (κ2) is 2.53. The molecule has 1 atom stereocenters. The first-order valence-electron chi connectivity index (χ1n) is 3.70. The van der Waals surface area contributed by atoms with E-state index in [1.807, 2.05) is 24.3 Å². The Hall–Kier alpha value is -1.05. The van der Waals surface area contributed by atoms with Crippen molar-refractivity contribution in [1.82, 2.24) is 0 Å². The minimum atomic E-state index is -0.394. The molecule has 0 saturated carbocycles. The average Bonchev–Trinajstić information content (AvgIpc) is 2.46. The molecular formula is C9H9FO. The zero-order valence-corrected chi connectivity index (χ0v) is 6.09. The highest BCUT2D eigenvalue weighted by atomic mass is 19.1. The number of para-hydroxylation sites is 1. The summed E-state index contributed by atoms with van der Waals surface area (Å²) in [5.41, 5.74) is 1.12. The van der Waals surface area contributed by atoms with Gasteiger partial charge in [-0.25, -0.2) is 4.39 Å². The summed E-state index contributed by atoms with van der Waals surface area (Å²) in [5.74, 6) is 0.843. The lowest BCUT2D eigenvalue weighted by Gasteiger charge is -2.03. The van der Waals surface area contributed by atoms with E-state index >= 15 is 0 Å². The average molecular weight is 152 g/mol. The van der Waals surface area contributed by atoms with Crippen LogP contribution in [0.5, 0.6) is 5.75 Å². The van der Waals surface area contributed by atoms with Crippen molar-refractivity contribution in [3.8, 4) is 5.75 Å². The van der Waals surface area contributed by atoms with Crippen LogP contribution in [0.4, 0.5) is 4.39 Å². The van der Waals surface area contributed by atoms with Crippen molar-refractivity contribution in [2.75, 3.05) is 6.67 Å². The third kappa shape index (κ3) is 1.09. The molecule has 1 heterocycles. The number of alkyl halides is 1. The largest absolute Gasteiger partial charge is 0.487 e. The van der Waals surface area contributed by atoms with Crippen molar-refractivity contribution in [2.24, 2.45) is 0 Å². The second-order valence-electron chi connectivity index (χ2n) is 2.71. The van der Waals surface area contributed by atoms with Gasteiger partial charge in [0.2, 0.25) is 0 Å². The lowest BCUT2D eigenvalue weighted by molar-refractivity contribution is 0.190. The van der Waals surface area contributed by atoms with Gasteiger partial charge in [0.1, 0.15) is 18.5 Å².